The molecule has 0 saturated carbocycles. The number of aryl methyl sites for hydroxylation is 1. The van der Waals surface area contributed by atoms with Gasteiger partial charge in [0.05, 0.1) is 12.6 Å². The van der Waals surface area contributed by atoms with Crippen LogP contribution in [0.25, 0.3) is 10.9 Å². The Hall–Kier alpha value is -3.18. The lowest BCUT2D eigenvalue weighted by atomic mass is 10.1. The van der Waals surface area contributed by atoms with Gasteiger partial charge in [0.15, 0.2) is 0 Å². The summed E-state index contributed by atoms with van der Waals surface area (Å²) in [5.41, 5.74) is 9.47. The van der Waals surface area contributed by atoms with Gasteiger partial charge in [-0.05, 0) is 48.7 Å². The van der Waals surface area contributed by atoms with Crippen LogP contribution in [0.15, 0.2) is 82.4 Å². The first-order valence-electron chi connectivity index (χ1n) is 10.2. The van der Waals surface area contributed by atoms with E-state index in [-0.39, 0.29) is 5.91 Å². The standard InChI is InChI=1S/C26H24BrN3O/c1-18-7-3-4-8-21(18)17-30-19(2)24(23-9-5-6-10-25(23)30)16-28-29-26(31)15-20-11-13-22(27)14-12-20/h3-14,16H,15,17H2,1-2H3,(H,29,31)/b28-16-. The highest BCUT2D eigenvalue weighted by Gasteiger charge is 2.13. The van der Waals surface area contributed by atoms with Crippen LogP contribution < -0.4 is 5.43 Å². The molecule has 1 amide bonds. The number of hydrazone groups is 1. The van der Waals surface area contributed by atoms with Gasteiger partial charge >= 0.3 is 0 Å². The van der Waals surface area contributed by atoms with Crippen LogP contribution in [0, 0.1) is 13.8 Å². The predicted octanol–water partition coefficient (Wildman–Crippen LogP) is 5.76. The Morgan fingerprint density at radius 1 is 1.00 bits per heavy atom. The molecule has 0 saturated heterocycles. The fourth-order valence-corrected chi connectivity index (χ4v) is 4.04. The molecule has 0 spiro atoms. The summed E-state index contributed by atoms with van der Waals surface area (Å²) in [4.78, 5) is 12.3. The third-order valence-corrected chi connectivity index (χ3v) is 6.06. The van der Waals surface area contributed by atoms with Crippen molar-refractivity contribution in [2.45, 2.75) is 26.8 Å². The molecule has 0 aliphatic rings. The highest BCUT2D eigenvalue weighted by molar-refractivity contribution is 9.10. The molecule has 5 heteroatoms. The number of hydrogen-bond donors (Lipinski definition) is 1. The second kappa shape index (κ2) is 9.31. The molecule has 0 aliphatic carbocycles. The molecule has 156 valence electrons. The maximum Gasteiger partial charge on any atom is 0.244 e. The van der Waals surface area contributed by atoms with Gasteiger partial charge in [-0.25, -0.2) is 5.43 Å². The van der Waals surface area contributed by atoms with Gasteiger partial charge in [0, 0.05) is 33.2 Å². The second-order valence-corrected chi connectivity index (χ2v) is 8.54. The Morgan fingerprint density at radius 2 is 1.71 bits per heavy atom. The van der Waals surface area contributed by atoms with Gasteiger partial charge in [0.25, 0.3) is 0 Å². The van der Waals surface area contributed by atoms with E-state index < -0.39 is 0 Å². The fourth-order valence-electron chi connectivity index (χ4n) is 3.78. The minimum Gasteiger partial charge on any atom is -0.340 e. The van der Waals surface area contributed by atoms with Gasteiger partial charge in [-0.2, -0.15) is 5.10 Å². The van der Waals surface area contributed by atoms with E-state index in [1.54, 1.807) is 6.21 Å². The van der Waals surface area contributed by atoms with Crippen LogP contribution >= 0.6 is 15.9 Å². The summed E-state index contributed by atoms with van der Waals surface area (Å²) >= 11 is 3.41. The van der Waals surface area contributed by atoms with E-state index in [0.29, 0.717) is 6.42 Å². The number of fused-ring (bicyclic) bond motifs is 1. The highest BCUT2D eigenvalue weighted by atomic mass is 79.9. The van der Waals surface area contributed by atoms with E-state index >= 15 is 0 Å². The van der Waals surface area contributed by atoms with Crippen LogP contribution in [0.4, 0.5) is 0 Å². The number of amides is 1. The topological polar surface area (TPSA) is 46.4 Å². The number of rotatable bonds is 6. The molecule has 0 aliphatic heterocycles. The molecule has 4 aromatic rings. The molecule has 3 aromatic carbocycles. The van der Waals surface area contributed by atoms with Gasteiger partial charge in [0.1, 0.15) is 0 Å². The highest BCUT2D eigenvalue weighted by Crippen LogP contribution is 2.26. The maximum absolute atomic E-state index is 12.3. The molecule has 4 rings (SSSR count). The number of carbonyl (C=O) groups is 1. The van der Waals surface area contributed by atoms with Crippen LogP contribution in [-0.4, -0.2) is 16.7 Å². The van der Waals surface area contributed by atoms with Crippen molar-refractivity contribution in [1.82, 2.24) is 9.99 Å². The van der Waals surface area contributed by atoms with Crippen molar-refractivity contribution in [3.8, 4) is 0 Å². The van der Waals surface area contributed by atoms with Crippen molar-refractivity contribution >= 4 is 39.0 Å². The minimum atomic E-state index is -0.139. The maximum atomic E-state index is 12.3. The van der Waals surface area contributed by atoms with Gasteiger partial charge in [-0.3, -0.25) is 4.79 Å². The number of nitrogens with zero attached hydrogens (tertiary/aromatic N) is 2. The van der Waals surface area contributed by atoms with Gasteiger partial charge < -0.3 is 4.57 Å². The van der Waals surface area contributed by atoms with Gasteiger partial charge in [0.2, 0.25) is 5.91 Å². The van der Waals surface area contributed by atoms with Crippen LogP contribution in [0.3, 0.4) is 0 Å². The Morgan fingerprint density at radius 3 is 2.48 bits per heavy atom. The van der Waals surface area contributed by atoms with E-state index in [1.165, 1.54) is 11.1 Å². The van der Waals surface area contributed by atoms with E-state index in [0.717, 1.165) is 38.7 Å². The Kier molecular flexibility index (Phi) is 6.33. The molecular formula is C26H24BrN3O. The summed E-state index contributed by atoms with van der Waals surface area (Å²) in [6, 6.07) is 24.5. The SMILES string of the molecule is Cc1ccccc1Cn1c(C)c(/C=N\NC(=O)Cc2ccc(Br)cc2)c2ccccc21. The smallest absolute Gasteiger partial charge is 0.244 e. The van der Waals surface area contributed by atoms with E-state index in [9.17, 15) is 4.79 Å². The first-order valence-corrected chi connectivity index (χ1v) is 11.0. The summed E-state index contributed by atoms with van der Waals surface area (Å²) in [5.74, 6) is -0.139. The predicted molar refractivity (Wildman–Crippen MR) is 131 cm³/mol. The average molecular weight is 474 g/mol. The molecule has 1 N–H and O–H groups in total. The van der Waals surface area contributed by atoms with Gasteiger partial charge in [-0.1, -0.05) is 70.5 Å². The van der Waals surface area contributed by atoms with Crippen LogP contribution in [0.2, 0.25) is 0 Å². The lowest BCUT2D eigenvalue weighted by molar-refractivity contribution is -0.120. The lowest BCUT2D eigenvalue weighted by Gasteiger charge is -2.11. The summed E-state index contributed by atoms with van der Waals surface area (Å²) in [5, 5.41) is 5.38. The molecule has 31 heavy (non-hydrogen) atoms. The van der Waals surface area contributed by atoms with Crippen molar-refractivity contribution in [2.24, 2.45) is 5.10 Å². The number of hydrogen-bond acceptors (Lipinski definition) is 2. The Balaban J connectivity index is 1.56. The monoisotopic (exact) mass is 473 g/mol. The Labute approximate surface area is 190 Å². The largest absolute Gasteiger partial charge is 0.340 e. The molecular weight excluding hydrogens is 450 g/mol. The Bertz CT molecular complexity index is 1260. The molecule has 1 aromatic heterocycles. The van der Waals surface area contributed by atoms with Crippen LogP contribution in [0.5, 0.6) is 0 Å². The molecule has 0 unspecified atom stereocenters. The van der Waals surface area contributed by atoms with Crippen molar-refractivity contribution in [1.29, 1.82) is 0 Å². The number of carbonyl (C=O) groups excluding carboxylic acids is 1. The zero-order valence-electron chi connectivity index (χ0n) is 17.6. The molecule has 0 radical (unpaired) electrons. The summed E-state index contributed by atoms with van der Waals surface area (Å²) in [6.07, 6.45) is 2.05. The first kappa shape index (κ1) is 21.1. The third kappa shape index (κ3) is 4.78. The summed E-state index contributed by atoms with van der Waals surface area (Å²) in [7, 11) is 0. The number of halogens is 1. The zero-order chi connectivity index (χ0) is 21.8. The number of aromatic nitrogens is 1. The van der Waals surface area contributed by atoms with Crippen molar-refractivity contribution in [2.75, 3.05) is 0 Å². The molecule has 1 heterocycles. The van der Waals surface area contributed by atoms with Crippen molar-refractivity contribution < 1.29 is 4.79 Å². The van der Waals surface area contributed by atoms with Crippen molar-refractivity contribution in [3.05, 3.63) is 105 Å². The fraction of sp³-hybridized carbons (Fsp3) is 0.154. The van der Waals surface area contributed by atoms with Crippen LogP contribution in [0.1, 0.15) is 27.9 Å². The third-order valence-electron chi connectivity index (χ3n) is 5.53. The first-order chi connectivity index (χ1) is 15.0. The van der Waals surface area contributed by atoms with E-state index in [4.69, 9.17) is 0 Å². The molecule has 0 atom stereocenters. The van der Waals surface area contributed by atoms with Crippen molar-refractivity contribution in [3.63, 3.8) is 0 Å². The number of benzene rings is 3. The van der Waals surface area contributed by atoms with E-state index in [2.05, 4.69) is 87.3 Å². The second-order valence-electron chi connectivity index (χ2n) is 7.63. The number of para-hydroxylation sites is 1. The zero-order valence-corrected chi connectivity index (χ0v) is 19.2. The lowest BCUT2D eigenvalue weighted by Crippen LogP contribution is -2.19. The molecule has 0 bridgehead atoms. The average Bonchev–Trinajstić information content (AvgIpc) is 3.03. The molecule has 0 fully saturated rings. The minimum absolute atomic E-state index is 0.139. The van der Waals surface area contributed by atoms with E-state index in [1.807, 2.05) is 30.3 Å². The summed E-state index contributed by atoms with van der Waals surface area (Å²) < 4.78 is 3.30. The summed E-state index contributed by atoms with van der Waals surface area (Å²) in [6.45, 7) is 5.03. The van der Waals surface area contributed by atoms with Gasteiger partial charge in [-0.15, -0.1) is 0 Å². The number of nitrogens with one attached hydrogen (secondary N) is 1. The molecule has 4 nitrogen and oxygen atoms in total. The van der Waals surface area contributed by atoms with Crippen LogP contribution in [-0.2, 0) is 17.8 Å². The normalized spacial score (nSPS) is 11.3. The quantitative estimate of drug-likeness (QED) is 0.280.